The average molecular weight is 359 g/mol. The van der Waals surface area contributed by atoms with E-state index >= 15 is 0 Å². The second-order valence-corrected chi connectivity index (χ2v) is 5.85. The van der Waals surface area contributed by atoms with Gasteiger partial charge in [-0.1, -0.05) is 48.0 Å². The van der Waals surface area contributed by atoms with Crippen LogP contribution >= 0.6 is 0 Å². The first kappa shape index (κ1) is 19.4. The Balaban J connectivity index is 1.91. The highest BCUT2D eigenvalue weighted by atomic mass is 16.5. The number of amides is 1. The lowest BCUT2D eigenvalue weighted by molar-refractivity contribution is 0.0173. The van der Waals surface area contributed by atoms with E-state index in [1.54, 1.807) is 25.1 Å². The Bertz CT molecular complexity index is 762. The number of aromatic carboxylic acids is 1. The van der Waals surface area contributed by atoms with Crippen molar-refractivity contribution in [2.24, 2.45) is 0 Å². The van der Waals surface area contributed by atoms with Gasteiger partial charge in [-0.25, -0.2) is 9.59 Å². The number of aliphatic hydroxyl groups excluding tert-OH is 2. The fourth-order valence-corrected chi connectivity index (χ4v) is 2.40. The third kappa shape index (κ3) is 5.30. The minimum atomic E-state index is -1.46. The summed E-state index contributed by atoms with van der Waals surface area (Å²) in [6.07, 6.45) is -3.60. The number of hydrogen-bond donors (Lipinski definition) is 4. The number of carboxylic acids is 1. The summed E-state index contributed by atoms with van der Waals surface area (Å²) in [5, 5.41) is 31.9. The maximum Gasteiger partial charge on any atom is 0.407 e. The second-order valence-electron chi connectivity index (χ2n) is 5.85. The van der Waals surface area contributed by atoms with Gasteiger partial charge in [-0.15, -0.1) is 0 Å². The lowest BCUT2D eigenvalue weighted by Gasteiger charge is -2.20. The summed E-state index contributed by atoms with van der Waals surface area (Å²) >= 11 is 0. The monoisotopic (exact) mass is 359 g/mol. The van der Waals surface area contributed by atoms with Crippen LogP contribution in [0.5, 0.6) is 0 Å². The van der Waals surface area contributed by atoms with Gasteiger partial charge >= 0.3 is 12.1 Å². The minimum Gasteiger partial charge on any atom is -0.478 e. The molecular weight excluding hydrogens is 338 g/mol. The second kappa shape index (κ2) is 8.98. The van der Waals surface area contributed by atoms with E-state index in [-0.39, 0.29) is 24.3 Å². The van der Waals surface area contributed by atoms with Gasteiger partial charge in [0.25, 0.3) is 0 Å². The molecule has 0 aliphatic rings. The molecule has 0 fully saturated rings. The number of carbonyl (C=O) groups excluding carboxylic acids is 1. The van der Waals surface area contributed by atoms with Crippen LogP contribution in [0.25, 0.3) is 0 Å². The molecule has 138 valence electrons. The molecule has 2 unspecified atom stereocenters. The summed E-state index contributed by atoms with van der Waals surface area (Å²) in [5.74, 6) is -1.21. The van der Waals surface area contributed by atoms with Crippen molar-refractivity contribution in [3.8, 4) is 0 Å². The first-order chi connectivity index (χ1) is 12.4. The SMILES string of the molecule is Cc1ccc(C(=O)O)c(C(O)C(O)CNC(=O)OCc2ccccc2)c1. The summed E-state index contributed by atoms with van der Waals surface area (Å²) in [6, 6.07) is 13.5. The number of aliphatic hydroxyl groups is 2. The van der Waals surface area contributed by atoms with E-state index in [9.17, 15) is 24.9 Å². The van der Waals surface area contributed by atoms with Crippen LogP contribution in [-0.2, 0) is 11.3 Å². The standard InChI is InChI=1S/C19H21NO6/c1-12-7-8-14(18(23)24)15(9-12)17(22)16(21)10-20-19(25)26-11-13-5-3-2-4-6-13/h2-9,16-17,21-22H,10-11H2,1H3,(H,20,25)(H,23,24). The maximum absolute atomic E-state index is 11.7. The minimum absolute atomic E-state index is 0.0758. The van der Waals surface area contributed by atoms with Crippen molar-refractivity contribution in [2.75, 3.05) is 6.54 Å². The van der Waals surface area contributed by atoms with Crippen molar-refractivity contribution in [2.45, 2.75) is 25.7 Å². The van der Waals surface area contributed by atoms with Crippen molar-refractivity contribution in [3.63, 3.8) is 0 Å². The molecule has 0 aliphatic heterocycles. The molecule has 26 heavy (non-hydrogen) atoms. The third-order valence-electron chi connectivity index (χ3n) is 3.79. The van der Waals surface area contributed by atoms with Crippen molar-refractivity contribution < 1.29 is 29.6 Å². The molecular formula is C19H21NO6. The smallest absolute Gasteiger partial charge is 0.407 e. The Kier molecular flexibility index (Phi) is 6.71. The van der Waals surface area contributed by atoms with Crippen LogP contribution in [-0.4, -0.2) is 40.0 Å². The van der Waals surface area contributed by atoms with E-state index in [1.807, 2.05) is 18.2 Å². The van der Waals surface area contributed by atoms with Gasteiger partial charge in [0.1, 0.15) is 18.8 Å². The largest absolute Gasteiger partial charge is 0.478 e. The Morgan fingerprint density at radius 2 is 1.81 bits per heavy atom. The molecule has 2 aromatic rings. The van der Waals surface area contributed by atoms with Gasteiger partial charge in [-0.2, -0.15) is 0 Å². The zero-order valence-electron chi connectivity index (χ0n) is 14.3. The highest BCUT2D eigenvalue weighted by Crippen LogP contribution is 2.22. The van der Waals surface area contributed by atoms with Gasteiger partial charge in [0.2, 0.25) is 0 Å². The highest BCUT2D eigenvalue weighted by molar-refractivity contribution is 5.89. The van der Waals surface area contributed by atoms with Gasteiger partial charge in [0.15, 0.2) is 0 Å². The Morgan fingerprint density at radius 3 is 2.46 bits per heavy atom. The summed E-state index contributed by atoms with van der Waals surface area (Å²) in [5.41, 5.74) is 1.54. The van der Waals surface area contributed by atoms with Crippen LogP contribution in [0.2, 0.25) is 0 Å². The van der Waals surface area contributed by atoms with Crippen molar-refractivity contribution >= 4 is 12.1 Å². The number of aryl methyl sites for hydroxylation is 1. The maximum atomic E-state index is 11.7. The number of carbonyl (C=O) groups is 2. The molecule has 0 aromatic heterocycles. The van der Waals surface area contributed by atoms with Crippen LogP contribution in [0.4, 0.5) is 4.79 Å². The van der Waals surface area contributed by atoms with Gasteiger partial charge in [0, 0.05) is 6.54 Å². The number of nitrogens with one attached hydrogen (secondary N) is 1. The fourth-order valence-electron chi connectivity index (χ4n) is 2.40. The fraction of sp³-hybridized carbons (Fsp3) is 0.263. The zero-order valence-corrected chi connectivity index (χ0v) is 14.3. The van der Waals surface area contributed by atoms with Crippen molar-refractivity contribution in [3.05, 3.63) is 70.8 Å². The first-order valence-corrected chi connectivity index (χ1v) is 8.03. The highest BCUT2D eigenvalue weighted by Gasteiger charge is 2.24. The molecule has 0 heterocycles. The van der Waals surface area contributed by atoms with Gasteiger partial charge in [-0.05, 0) is 24.1 Å². The Hall–Kier alpha value is -2.90. The van der Waals surface area contributed by atoms with E-state index in [0.29, 0.717) is 0 Å². The topological polar surface area (TPSA) is 116 Å². The molecule has 0 radical (unpaired) electrons. The number of ether oxygens (including phenoxy) is 1. The Labute approximate surface area is 150 Å². The third-order valence-corrected chi connectivity index (χ3v) is 3.79. The summed E-state index contributed by atoms with van der Waals surface area (Å²) < 4.78 is 5.01. The number of benzene rings is 2. The van der Waals surface area contributed by atoms with E-state index in [0.717, 1.165) is 11.1 Å². The molecule has 4 N–H and O–H groups in total. The summed E-state index contributed by atoms with van der Waals surface area (Å²) in [4.78, 5) is 23.0. The molecule has 1 amide bonds. The average Bonchev–Trinajstić information content (AvgIpc) is 2.64. The van der Waals surface area contributed by atoms with Crippen LogP contribution in [0, 0.1) is 6.92 Å². The van der Waals surface area contributed by atoms with Gasteiger partial charge < -0.3 is 25.4 Å². The van der Waals surface area contributed by atoms with Crippen LogP contribution in [0.15, 0.2) is 48.5 Å². The van der Waals surface area contributed by atoms with Crippen molar-refractivity contribution in [1.82, 2.24) is 5.32 Å². The van der Waals surface area contributed by atoms with Crippen LogP contribution in [0.1, 0.15) is 33.2 Å². The molecule has 7 heteroatoms. The summed E-state index contributed by atoms with van der Waals surface area (Å²) in [6.45, 7) is 1.53. The lowest BCUT2D eigenvalue weighted by atomic mass is 9.96. The van der Waals surface area contributed by atoms with Gasteiger partial charge in [-0.3, -0.25) is 0 Å². The van der Waals surface area contributed by atoms with Gasteiger partial charge in [0.05, 0.1) is 5.56 Å². The number of alkyl carbamates (subject to hydrolysis) is 1. The molecule has 0 saturated heterocycles. The number of rotatable bonds is 7. The van der Waals surface area contributed by atoms with E-state index in [2.05, 4.69) is 5.32 Å². The van der Waals surface area contributed by atoms with Crippen LogP contribution < -0.4 is 5.32 Å². The predicted molar refractivity (Wildman–Crippen MR) is 93.7 cm³/mol. The molecule has 0 aliphatic carbocycles. The first-order valence-electron chi connectivity index (χ1n) is 8.03. The molecule has 0 saturated carbocycles. The molecule has 0 bridgehead atoms. The zero-order chi connectivity index (χ0) is 19.1. The molecule has 2 aromatic carbocycles. The number of hydrogen-bond acceptors (Lipinski definition) is 5. The quantitative estimate of drug-likeness (QED) is 0.601. The number of carboxylic acid groups (broad SMARTS) is 1. The van der Waals surface area contributed by atoms with E-state index in [1.165, 1.54) is 12.1 Å². The lowest BCUT2D eigenvalue weighted by Crippen LogP contribution is -2.36. The van der Waals surface area contributed by atoms with Crippen molar-refractivity contribution in [1.29, 1.82) is 0 Å². The normalized spacial score (nSPS) is 12.9. The molecule has 2 atom stereocenters. The predicted octanol–water partition coefficient (Wildman–Crippen LogP) is 2.01. The molecule has 7 nitrogen and oxygen atoms in total. The van der Waals surface area contributed by atoms with E-state index in [4.69, 9.17) is 4.74 Å². The summed E-state index contributed by atoms with van der Waals surface area (Å²) in [7, 11) is 0. The Morgan fingerprint density at radius 1 is 1.12 bits per heavy atom. The molecule has 2 rings (SSSR count). The van der Waals surface area contributed by atoms with E-state index < -0.39 is 24.3 Å². The van der Waals surface area contributed by atoms with Crippen LogP contribution in [0.3, 0.4) is 0 Å². The molecule has 0 spiro atoms.